The first-order chi connectivity index (χ1) is 11.5. The number of hydrogen-bond acceptors (Lipinski definition) is 3. The smallest absolute Gasteiger partial charge is 0.387 e. The van der Waals surface area contributed by atoms with Crippen molar-refractivity contribution in [2.45, 2.75) is 45.3 Å². The van der Waals surface area contributed by atoms with Crippen LogP contribution in [-0.2, 0) is 4.79 Å². The zero-order chi connectivity index (χ0) is 17.2. The molecule has 3 atom stereocenters. The third kappa shape index (κ3) is 4.23. The van der Waals surface area contributed by atoms with Crippen LogP contribution in [0.4, 0.5) is 8.78 Å². The lowest BCUT2D eigenvalue weighted by atomic mass is 9.67. The van der Waals surface area contributed by atoms with Crippen LogP contribution in [0.3, 0.4) is 0 Å². The van der Waals surface area contributed by atoms with Crippen LogP contribution in [0.25, 0.3) is 0 Å². The number of fused-ring (bicyclic) bond motifs is 1. The molecule has 1 amide bonds. The van der Waals surface area contributed by atoms with E-state index in [-0.39, 0.29) is 35.5 Å². The molecule has 1 heterocycles. The van der Waals surface area contributed by atoms with Crippen LogP contribution < -0.4 is 15.4 Å². The van der Waals surface area contributed by atoms with Crippen molar-refractivity contribution in [3.05, 3.63) is 29.8 Å². The lowest BCUT2D eigenvalue weighted by Gasteiger charge is -2.38. The van der Waals surface area contributed by atoms with Gasteiger partial charge in [-0.05, 0) is 49.9 Å². The molecule has 7 heteroatoms. The van der Waals surface area contributed by atoms with Gasteiger partial charge in [-0.3, -0.25) is 4.79 Å². The van der Waals surface area contributed by atoms with Gasteiger partial charge in [-0.1, -0.05) is 25.0 Å². The lowest BCUT2D eigenvalue weighted by Crippen LogP contribution is -2.48. The van der Waals surface area contributed by atoms with Crippen LogP contribution >= 0.6 is 12.4 Å². The Morgan fingerprint density at radius 3 is 2.96 bits per heavy atom. The van der Waals surface area contributed by atoms with E-state index in [9.17, 15) is 13.6 Å². The molecule has 1 saturated carbocycles. The van der Waals surface area contributed by atoms with Crippen LogP contribution in [0.15, 0.2) is 24.3 Å². The van der Waals surface area contributed by atoms with Gasteiger partial charge in [-0.25, -0.2) is 0 Å². The van der Waals surface area contributed by atoms with E-state index in [1.807, 2.05) is 13.0 Å². The topological polar surface area (TPSA) is 50.4 Å². The Hall–Kier alpha value is -1.40. The van der Waals surface area contributed by atoms with Gasteiger partial charge in [0.2, 0.25) is 5.91 Å². The summed E-state index contributed by atoms with van der Waals surface area (Å²) in [5, 5.41) is 6.45. The summed E-state index contributed by atoms with van der Waals surface area (Å²) in [6.07, 6.45) is 4.27. The molecule has 2 fully saturated rings. The summed E-state index contributed by atoms with van der Waals surface area (Å²) in [6, 6.07) is 6.26. The van der Waals surface area contributed by atoms with E-state index in [4.69, 9.17) is 0 Å². The molecule has 140 valence electrons. The van der Waals surface area contributed by atoms with Gasteiger partial charge in [0.05, 0.1) is 11.5 Å². The summed E-state index contributed by atoms with van der Waals surface area (Å²) in [4.78, 5) is 12.9. The van der Waals surface area contributed by atoms with Crippen molar-refractivity contribution >= 4 is 18.3 Å². The first kappa shape index (κ1) is 19.9. The highest BCUT2D eigenvalue weighted by Crippen LogP contribution is 2.44. The van der Waals surface area contributed by atoms with Crippen molar-refractivity contribution in [1.29, 1.82) is 0 Å². The molecule has 4 nitrogen and oxygen atoms in total. The predicted octanol–water partition coefficient (Wildman–Crippen LogP) is 3.67. The average molecular weight is 375 g/mol. The molecular formula is C18H25ClF2N2O2. The number of carbonyl (C=O) groups excluding carboxylic acids is 1. The maximum absolute atomic E-state index is 12.9. The minimum absolute atomic E-state index is 0. The Balaban J connectivity index is 0.00000225. The first-order valence-electron chi connectivity index (χ1n) is 8.58. The van der Waals surface area contributed by atoms with E-state index < -0.39 is 6.61 Å². The number of nitrogens with one attached hydrogen (secondary N) is 2. The Labute approximate surface area is 153 Å². The molecule has 1 aliphatic heterocycles. The first-order valence-corrected chi connectivity index (χ1v) is 8.58. The van der Waals surface area contributed by atoms with Gasteiger partial charge in [0, 0.05) is 6.54 Å². The van der Waals surface area contributed by atoms with Crippen molar-refractivity contribution in [2.24, 2.45) is 11.3 Å². The van der Waals surface area contributed by atoms with E-state index >= 15 is 0 Å². The highest BCUT2D eigenvalue weighted by Gasteiger charge is 2.49. The molecule has 2 N–H and O–H groups in total. The SMILES string of the molecule is CC(NC(=O)[C@@]12CCCC[C@H]1CNC2)c1cccc(OC(F)F)c1.Cl. The third-order valence-electron chi connectivity index (χ3n) is 5.42. The fraction of sp³-hybridized carbons (Fsp3) is 0.611. The Morgan fingerprint density at radius 2 is 2.20 bits per heavy atom. The molecule has 1 unspecified atom stereocenters. The molecule has 0 aromatic heterocycles. The highest BCUT2D eigenvalue weighted by atomic mass is 35.5. The van der Waals surface area contributed by atoms with E-state index in [0.29, 0.717) is 5.92 Å². The third-order valence-corrected chi connectivity index (χ3v) is 5.42. The van der Waals surface area contributed by atoms with Gasteiger partial charge >= 0.3 is 6.61 Å². The number of amides is 1. The van der Waals surface area contributed by atoms with Gasteiger partial charge in [0.25, 0.3) is 0 Å². The summed E-state index contributed by atoms with van der Waals surface area (Å²) in [5.74, 6) is 0.580. The van der Waals surface area contributed by atoms with Crippen LogP contribution in [0.2, 0.25) is 0 Å². The molecule has 3 rings (SSSR count). The van der Waals surface area contributed by atoms with Crippen molar-refractivity contribution in [2.75, 3.05) is 13.1 Å². The van der Waals surface area contributed by atoms with Crippen molar-refractivity contribution in [1.82, 2.24) is 10.6 Å². The van der Waals surface area contributed by atoms with E-state index in [1.165, 1.54) is 12.5 Å². The molecule has 1 saturated heterocycles. The molecule has 0 radical (unpaired) electrons. The summed E-state index contributed by atoms with van der Waals surface area (Å²) in [7, 11) is 0. The molecule has 0 spiro atoms. The highest BCUT2D eigenvalue weighted by molar-refractivity contribution is 5.85. The van der Waals surface area contributed by atoms with Crippen LogP contribution in [0.1, 0.15) is 44.2 Å². The number of ether oxygens (including phenoxy) is 1. The fourth-order valence-corrected chi connectivity index (χ4v) is 4.07. The Bertz CT molecular complexity index is 602. The minimum atomic E-state index is -2.85. The van der Waals surface area contributed by atoms with Gasteiger partial charge in [-0.2, -0.15) is 8.78 Å². The monoisotopic (exact) mass is 374 g/mol. The molecular weight excluding hydrogens is 350 g/mol. The number of benzene rings is 1. The molecule has 25 heavy (non-hydrogen) atoms. The van der Waals surface area contributed by atoms with E-state index in [2.05, 4.69) is 15.4 Å². The summed E-state index contributed by atoms with van der Waals surface area (Å²) in [6.45, 7) is 0.650. The van der Waals surface area contributed by atoms with Crippen molar-refractivity contribution in [3.8, 4) is 5.75 Å². The summed E-state index contributed by atoms with van der Waals surface area (Å²) >= 11 is 0. The standard InChI is InChI=1S/C18H24F2N2O2.ClH/c1-12(13-5-4-7-15(9-13)24-17(19)20)22-16(23)18-8-3-2-6-14(18)10-21-11-18;/h4-5,7,9,12,14,17,21H,2-3,6,8,10-11H2,1H3,(H,22,23);1H/t12?,14-,18+;/m0./s1. The maximum Gasteiger partial charge on any atom is 0.387 e. The molecule has 1 aromatic carbocycles. The normalized spacial score (nSPS) is 26.5. The Kier molecular flexibility index (Phi) is 6.63. The zero-order valence-electron chi connectivity index (χ0n) is 14.3. The lowest BCUT2D eigenvalue weighted by molar-refractivity contribution is -0.134. The van der Waals surface area contributed by atoms with E-state index in [1.54, 1.807) is 12.1 Å². The average Bonchev–Trinajstić information content (AvgIpc) is 2.99. The van der Waals surface area contributed by atoms with Crippen molar-refractivity contribution in [3.63, 3.8) is 0 Å². The Morgan fingerprint density at radius 1 is 1.40 bits per heavy atom. The van der Waals surface area contributed by atoms with Crippen molar-refractivity contribution < 1.29 is 18.3 Å². The number of rotatable bonds is 5. The number of halogens is 3. The predicted molar refractivity (Wildman–Crippen MR) is 94.1 cm³/mol. The quantitative estimate of drug-likeness (QED) is 0.826. The largest absolute Gasteiger partial charge is 0.435 e. The van der Waals surface area contributed by atoms with Crippen LogP contribution in [0, 0.1) is 11.3 Å². The van der Waals surface area contributed by atoms with Gasteiger partial charge < -0.3 is 15.4 Å². The molecule has 0 bridgehead atoms. The number of carbonyl (C=O) groups is 1. The zero-order valence-corrected chi connectivity index (χ0v) is 15.1. The number of hydrogen-bond donors (Lipinski definition) is 2. The van der Waals surface area contributed by atoms with Crippen LogP contribution in [0.5, 0.6) is 5.75 Å². The van der Waals surface area contributed by atoms with Crippen LogP contribution in [-0.4, -0.2) is 25.6 Å². The molecule has 1 aliphatic carbocycles. The second-order valence-electron chi connectivity index (χ2n) is 6.88. The van der Waals surface area contributed by atoms with Gasteiger partial charge in [0.1, 0.15) is 5.75 Å². The molecule has 1 aromatic rings. The van der Waals surface area contributed by atoms with Gasteiger partial charge in [0.15, 0.2) is 0 Å². The summed E-state index contributed by atoms with van der Waals surface area (Å²) in [5.41, 5.74) is 0.445. The maximum atomic E-state index is 12.9. The second kappa shape index (κ2) is 8.32. The van der Waals surface area contributed by atoms with Gasteiger partial charge in [-0.15, -0.1) is 12.4 Å². The summed E-state index contributed by atoms with van der Waals surface area (Å²) < 4.78 is 29.1. The minimum Gasteiger partial charge on any atom is -0.435 e. The second-order valence-corrected chi connectivity index (χ2v) is 6.88. The fourth-order valence-electron chi connectivity index (χ4n) is 4.07. The molecule has 2 aliphatic rings. The van der Waals surface area contributed by atoms with E-state index in [0.717, 1.165) is 37.9 Å². The number of alkyl halides is 2.